The van der Waals surface area contributed by atoms with Crippen molar-refractivity contribution in [1.82, 2.24) is 14.7 Å². The smallest absolute Gasteiger partial charge is 0.313 e. The zero-order valence-electron chi connectivity index (χ0n) is 20.5. The van der Waals surface area contributed by atoms with E-state index in [1.165, 1.54) is 11.0 Å². The van der Waals surface area contributed by atoms with Crippen molar-refractivity contribution in [3.05, 3.63) is 25.3 Å². The van der Waals surface area contributed by atoms with Crippen molar-refractivity contribution in [2.75, 3.05) is 65.7 Å². The summed E-state index contributed by atoms with van der Waals surface area (Å²) in [5.74, 6) is -2.74. The molecule has 194 valence electrons. The van der Waals surface area contributed by atoms with Crippen molar-refractivity contribution in [2.24, 2.45) is 11.8 Å². The van der Waals surface area contributed by atoms with Gasteiger partial charge in [-0.1, -0.05) is 18.7 Å². The third-order valence-corrected chi connectivity index (χ3v) is 7.90. The number of carbonyl (C=O) groups excluding carboxylic acids is 3. The van der Waals surface area contributed by atoms with Crippen molar-refractivity contribution in [3.63, 3.8) is 0 Å². The molecule has 0 aliphatic carbocycles. The van der Waals surface area contributed by atoms with E-state index >= 15 is 0 Å². The number of carbonyl (C=O) groups is 3. The van der Waals surface area contributed by atoms with E-state index < -0.39 is 35.0 Å². The average molecular weight is 492 g/mol. The Kier molecular flexibility index (Phi) is 7.65. The van der Waals surface area contributed by atoms with Crippen molar-refractivity contribution >= 4 is 17.8 Å². The van der Waals surface area contributed by atoms with Gasteiger partial charge in [0.15, 0.2) is 0 Å². The van der Waals surface area contributed by atoms with E-state index in [-0.39, 0.29) is 31.6 Å². The van der Waals surface area contributed by atoms with Crippen molar-refractivity contribution in [1.29, 1.82) is 0 Å². The molecule has 10 nitrogen and oxygen atoms in total. The fourth-order valence-electron chi connectivity index (χ4n) is 6.35. The predicted octanol–water partition coefficient (Wildman–Crippen LogP) is -0.181. The van der Waals surface area contributed by atoms with Crippen LogP contribution >= 0.6 is 0 Å². The summed E-state index contributed by atoms with van der Waals surface area (Å²) >= 11 is 0. The maximum absolute atomic E-state index is 14.1. The number of hydrogen-bond acceptors (Lipinski definition) is 8. The molecular formula is C25H37N3O7. The van der Waals surface area contributed by atoms with E-state index in [9.17, 15) is 19.5 Å². The van der Waals surface area contributed by atoms with Crippen molar-refractivity contribution in [2.45, 2.75) is 37.0 Å². The van der Waals surface area contributed by atoms with Crippen molar-refractivity contribution < 1.29 is 33.7 Å². The number of nitrogens with zero attached hydrogens (tertiary/aromatic N) is 3. The SMILES string of the molecule is C=CCOC(=O)[C@@H]1[C@H]2C(=O)N(CCO)C(C(=O)N(CC=C)CCN3CCOCC3)C23CC[C@@]1(C)O3. The topological polar surface area (TPSA) is 109 Å². The Labute approximate surface area is 206 Å². The summed E-state index contributed by atoms with van der Waals surface area (Å²) in [5, 5.41) is 9.73. The van der Waals surface area contributed by atoms with Crippen LogP contribution in [0, 0.1) is 11.8 Å². The minimum atomic E-state index is -1.13. The average Bonchev–Trinajstić information content (AvgIpc) is 3.42. The first-order chi connectivity index (χ1) is 16.8. The van der Waals surface area contributed by atoms with Crippen LogP contribution in [-0.4, -0.2) is 121 Å². The first-order valence-corrected chi connectivity index (χ1v) is 12.4. The molecule has 4 aliphatic rings. The number of hydrogen-bond donors (Lipinski definition) is 1. The van der Waals surface area contributed by atoms with Crippen LogP contribution in [-0.2, 0) is 28.6 Å². The number of rotatable bonds is 11. The Hall–Kier alpha value is -2.27. The minimum absolute atomic E-state index is 0.00656. The summed E-state index contributed by atoms with van der Waals surface area (Å²) in [6, 6.07) is -0.921. The number of amides is 2. The highest BCUT2D eigenvalue weighted by Crippen LogP contribution is 2.63. The Morgan fingerprint density at radius 2 is 1.97 bits per heavy atom. The molecular weight excluding hydrogens is 454 g/mol. The zero-order chi connectivity index (χ0) is 25.2. The van der Waals surface area contributed by atoms with Crippen LogP contribution in [0.3, 0.4) is 0 Å². The minimum Gasteiger partial charge on any atom is -0.461 e. The maximum atomic E-state index is 14.1. The van der Waals surface area contributed by atoms with Crippen LogP contribution in [0.5, 0.6) is 0 Å². The van der Waals surface area contributed by atoms with E-state index in [4.69, 9.17) is 14.2 Å². The molecule has 2 bridgehead atoms. The number of aliphatic hydroxyl groups is 1. The van der Waals surface area contributed by atoms with Crippen molar-refractivity contribution in [3.8, 4) is 0 Å². The number of β-amino-alcohol motifs (C(OH)–C–C–N with tert-alkyl or cyclic N) is 1. The quantitative estimate of drug-likeness (QED) is 0.313. The summed E-state index contributed by atoms with van der Waals surface area (Å²) in [5.41, 5.74) is -2.02. The molecule has 0 aromatic heterocycles. The Morgan fingerprint density at radius 1 is 1.23 bits per heavy atom. The second kappa shape index (κ2) is 10.4. The molecule has 0 aromatic carbocycles. The number of morpholine rings is 1. The lowest BCUT2D eigenvalue weighted by Crippen LogP contribution is -2.57. The lowest BCUT2D eigenvalue weighted by Gasteiger charge is -2.37. The zero-order valence-corrected chi connectivity index (χ0v) is 20.5. The second-order valence-electron chi connectivity index (χ2n) is 9.93. The standard InChI is InChI=1S/C25H37N3O7/c1-4-8-27(10-9-26-12-16-33-17-13-26)22(31)20-25-7-6-24(3,35-25)19(23(32)34-15-5-2)18(25)21(30)28(20)11-14-29/h4-5,18-20,29H,1-2,6-17H2,3H3/t18-,19-,20?,24+,25?/m0/s1. The van der Waals surface area contributed by atoms with E-state index in [1.807, 2.05) is 6.92 Å². The molecule has 2 unspecified atom stereocenters. The highest BCUT2D eigenvalue weighted by atomic mass is 16.6. The fraction of sp³-hybridized carbons (Fsp3) is 0.720. The molecule has 4 aliphatic heterocycles. The number of fused-ring (bicyclic) bond motifs is 1. The monoisotopic (exact) mass is 491 g/mol. The number of aliphatic hydroxyl groups excluding tert-OH is 1. The third-order valence-electron chi connectivity index (χ3n) is 7.90. The summed E-state index contributed by atoms with van der Waals surface area (Å²) < 4.78 is 17.3. The summed E-state index contributed by atoms with van der Waals surface area (Å²) in [4.78, 5) is 46.2. The number of esters is 1. The van der Waals surface area contributed by atoms with Gasteiger partial charge in [-0.15, -0.1) is 6.58 Å². The molecule has 4 saturated heterocycles. The highest BCUT2D eigenvalue weighted by Gasteiger charge is 2.78. The largest absolute Gasteiger partial charge is 0.461 e. The maximum Gasteiger partial charge on any atom is 0.313 e. The molecule has 10 heteroatoms. The van der Waals surface area contributed by atoms with Gasteiger partial charge in [-0.2, -0.15) is 0 Å². The third kappa shape index (κ3) is 4.41. The van der Waals surface area contributed by atoms with Gasteiger partial charge >= 0.3 is 5.97 Å². The van der Waals surface area contributed by atoms with E-state index in [0.717, 1.165) is 13.1 Å². The van der Waals surface area contributed by atoms with Gasteiger partial charge in [0, 0.05) is 39.3 Å². The number of ether oxygens (including phenoxy) is 3. The van der Waals surface area contributed by atoms with Crippen LogP contribution in [0.2, 0.25) is 0 Å². The van der Waals surface area contributed by atoms with Gasteiger partial charge in [-0.3, -0.25) is 19.3 Å². The molecule has 4 heterocycles. The van der Waals surface area contributed by atoms with Gasteiger partial charge in [0.1, 0.15) is 24.2 Å². The molecule has 0 aromatic rings. The molecule has 35 heavy (non-hydrogen) atoms. The Morgan fingerprint density at radius 3 is 2.63 bits per heavy atom. The first-order valence-electron chi connectivity index (χ1n) is 12.4. The molecule has 2 amide bonds. The van der Waals surface area contributed by atoms with Crippen LogP contribution in [0.1, 0.15) is 19.8 Å². The molecule has 4 rings (SSSR count). The van der Waals surface area contributed by atoms with E-state index in [0.29, 0.717) is 45.7 Å². The van der Waals surface area contributed by atoms with Gasteiger partial charge < -0.3 is 29.1 Å². The fourth-order valence-corrected chi connectivity index (χ4v) is 6.35. The van der Waals surface area contributed by atoms with E-state index in [1.54, 1.807) is 11.0 Å². The summed E-state index contributed by atoms with van der Waals surface area (Å²) in [6.07, 6.45) is 4.17. The van der Waals surface area contributed by atoms with Gasteiger partial charge in [0.2, 0.25) is 11.8 Å². The van der Waals surface area contributed by atoms with Crippen LogP contribution in [0.4, 0.5) is 0 Å². The van der Waals surface area contributed by atoms with Crippen LogP contribution < -0.4 is 0 Å². The molecule has 0 radical (unpaired) electrons. The molecule has 5 atom stereocenters. The Balaban J connectivity index is 1.62. The van der Waals surface area contributed by atoms with Crippen LogP contribution in [0.15, 0.2) is 25.3 Å². The van der Waals surface area contributed by atoms with Gasteiger partial charge in [0.25, 0.3) is 0 Å². The predicted molar refractivity (Wildman–Crippen MR) is 126 cm³/mol. The second-order valence-corrected chi connectivity index (χ2v) is 9.93. The lowest BCUT2D eigenvalue weighted by molar-refractivity contribution is -0.159. The van der Waals surface area contributed by atoms with Gasteiger partial charge in [0.05, 0.1) is 31.3 Å². The normalized spacial score (nSPS) is 34.1. The lowest BCUT2D eigenvalue weighted by atomic mass is 9.66. The summed E-state index contributed by atoms with van der Waals surface area (Å²) in [6.45, 7) is 13.4. The van der Waals surface area contributed by atoms with Gasteiger partial charge in [-0.25, -0.2) is 0 Å². The Bertz CT molecular complexity index is 860. The first kappa shape index (κ1) is 25.8. The molecule has 1 N–H and O–H groups in total. The van der Waals surface area contributed by atoms with Gasteiger partial charge in [-0.05, 0) is 19.8 Å². The van der Waals surface area contributed by atoms with Crippen LogP contribution in [0.25, 0.3) is 0 Å². The molecule has 0 saturated carbocycles. The molecule has 1 spiro atoms. The number of likely N-dealkylation sites (tertiary alicyclic amines) is 1. The highest BCUT2D eigenvalue weighted by molar-refractivity contribution is 5.98. The summed E-state index contributed by atoms with van der Waals surface area (Å²) in [7, 11) is 0. The van der Waals surface area contributed by atoms with E-state index in [2.05, 4.69) is 18.1 Å². The molecule has 4 fully saturated rings.